The molecule has 0 bridgehead atoms. The summed E-state index contributed by atoms with van der Waals surface area (Å²) in [5.41, 5.74) is 1.13. The summed E-state index contributed by atoms with van der Waals surface area (Å²) in [7, 11) is 2.08. The Morgan fingerprint density at radius 2 is 2.26 bits per heavy atom. The molecule has 2 aromatic rings. The van der Waals surface area contributed by atoms with Crippen molar-refractivity contribution in [1.82, 2.24) is 19.2 Å². The maximum atomic E-state index is 13.2. The van der Waals surface area contributed by atoms with Crippen LogP contribution in [-0.4, -0.2) is 70.5 Å². The third kappa shape index (κ3) is 2.51. The Kier molecular flexibility index (Phi) is 3.75. The van der Waals surface area contributed by atoms with Crippen LogP contribution in [-0.2, 0) is 4.74 Å². The van der Waals surface area contributed by atoms with Crippen LogP contribution in [0.3, 0.4) is 0 Å². The summed E-state index contributed by atoms with van der Waals surface area (Å²) in [5.74, 6) is -0.0673. The third-order valence-electron chi connectivity index (χ3n) is 4.74. The van der Waals surface area contributed by atoms with E-state index in [9.17, 15) is 4.79 Å². The van der Waals surface area contributed by atoms with Gasteiger partial charge in [0, 0.05) is 25.8 Å². The lowest BCUT2D eigenvalue weighted by Gasteiger charge is -2.46. The molecular formula is C16H19ClN4O2. The van der Waals surface area contributed by atoms with Gasteiger partial charge in [-0.05, 0) is 25.6 Å². The molecule has 0 radical (unpaired) electrons. The van der Waals surface area contributed by atoms with E-state index in [-0.39, 0.29) is 23.2 Å². The van der Waals surface area contributed by atoms with Gasteiger partial charge in [0.25, 0.3) is 5.91 Å². The van der Waals surface area contributed by atoms with Gasteiger partial charge in [0.05, 0.1) is 18.8 Å². The molecule has 0 aliphatic carbocycles. The van der Waals surface area contributed by atoms with Gasteiger partial charge in [0.2, 0.25) is 0 Å². The number of amides is 1. The summed E-state index contributed by atoms with van der Waals surface area (Å²) in [5, 5.41) is 0.258. The van der Waals surface area contributed by atoms with E-state index in [1.165, 1.54) is 0 Å². The lowest BCUT2D eigenvalue weighted by molar-refractivity contribution is -0.0871. The van der Waals surface area contributed by atoms with Crippen LogP contribution in [0.2, 0.25) is 5.15 Å². The molecule has 2 fully saturated rings. The Morgan fingerprint density at radius 1 is 1.39 bits per heavy atom. The molecular weight excluding hydrogens is 316 g/mol. The summed E-state index contributed by atoms with van der Waals surface area (Å²) in [6.45, 7) is 2.99. The van der Waals surface area contributed by atoms with Crippen molar-refractivity contribution in [3.63, 3.8) is 0 Å². The second kappa shape index (κ2) is 5.78. The fraction of sp³-hybridized carbons (Fsp3) is 0.500. The number of nitrogens with zero attached hydrogens (tertiary/aromatic N) is 4. The minimum Gasteiger partial charge on any atom is -0.374 e. The number of ether oxygens (including phenoxy) is 1. The molecule has 2 aliphatic heterocycles. The fourth-order valence-corrected chi connectivity index (χ4v) is 3.84. The number of halogens is 1. The lowest BCUT2D eigenvalue weighted by Crippen LogP contribution is -2.60. The largest absolute Gasteiger partial charge is 0.374 e. The number of hydrogen-bond donors (Lipinski definition) is 0. The van der Waals surface area contributed by atoms with Crippen molar-refractivity contribution in [1.29, 1.82) is 0 Å². The molecule has 2 atom stereocenters. The van der Waals surface area contributed by atoms with Crippen molar-refractivity contribution in [2.75, 3.05) is 33.3 Å². The Hall–Kier alpha value is -1.63. The van der Waals surface area contributed by atoms with Gasteiger partial charge in [0.1, 0.15) is 5.65 Å². The minimum absolute atomic E-state index is 0.0673. The topological polar surface area (TPSA) is 50.1 Å². The highest BCUT2D eigenvalue weighted by Gasteiger charge is 2.39. The van der Waals surface area contributed by atoms with Gasteiger partial charge in [-0.3, -0.25) is 9.20 Å². The van der Waals surface area contributed by atoms with Gasteiger partial charge in [-0.1, -0.05) is 17.7 Å². The monoisotopic (exact) mass is 334 g/mol. The quantitative estimate of drug-likeness (QED) is 0.793. The zero-order chi connectivity index (χ0) is 16.0. The highest BCUT2D eigenvalue weighted by molar-refractivity contribution is 6.32. The minimum atomic E-state index is -0.0673. The van der Waals surface area contributed by atoms with Crippen LogP contribution in [0.5, 0.6) is 0 Å². The number of fused-ring (bicyclic) bond motifs is 2. The number of aromatic nitrogens is 2. The van der Waals surface area contributed by atoms with E-state index in [1.807, 2.05) is 29.3 Å². The maximum absolute atomic E-state index is 13.2. The predicted molar refractivity (Wildman–Crippen MR) is 86.9 cm³/mol. The third-order valence-corrected chi connectivity index (χ3v) is 5.00. The van der Waals surface area contributed by atoms with Crippen molar-refractivity contribution in [3.05, 3.63) is 35.2 Å². The van der Waals surface area contributed by atoms with E-state index in [1.54, 1.807) is 4.40 Å². The van der Waals surface area contributed by atoms with Crippen LogP contribution in [0, 0.1) is 0 Å². The van der Waals surface area contributed by atoms with Crippen LogP contribution in [0.4, 0.5) is 0 Å². The molecule has 4 rings (SSSR count). The number of imidazole rings is 1. The number of likely N-dealkylation sites (N-methyl/N-ethyl adjacent to an activating group) is 1. The number of hydrogen-bond acceptors (Lipinski definition) is 4. The molecule has 2 unspecified atom stereocenters. The smallest absolute Gasteiger partial charge is 0.274 e. The molecule has 0 saturated carbocycles. The van der Waals surface area contributed by atoms with Gasteiger partial charge in [-0.25, -0.2) is 4.98 Å². The SMILES string of the molecule is CN1CCC2OCCN(C(=O)c3c(Cl)nc4ccccn34)C2C1. The van der Waals surface area contributed by atoms with E-state index in [0.29, 0.717) is 24.5 Å². The normalized spacial score (nSPS) is 25.6. The van der Waals surface area contributed by atoms with Gasteiger partial charge in [-0.15, -0.1) is 0 Å². The average Bonchev–Trinajstić information content (AvgIpc) is 2.89. The van der Waals surface area contributed by atoms with E-state index in [2.05, 4.69) is 16.9 Å². The van der Waals surface area contributed by atoms with Crippen molar-refractivity contribution in [2.24, 2.45) is 0 Å². The van der Waals surface area contributed by atoms with Crippen LogP contribution < -0.4 is 0 Å². The predicted octanol–water partition coefficient (Wildman–Crippen LogP) is 1.53. The summed E-state index contributed by atoms with van der Waals surface area (Å²) in [6.07, 6.45) is 2.89. The van der Waals surface area contributed by atoms with Crippen molar-refractivity contribution < 1.29 is 9.53 Å². The van der Waals surface area contributed by atoms with Gasteiger partial charge >= 0.3 is 0 Å². The van der Waals surface area contributed by atoms with Gasteiger partial charge in [0.15, 0.2) is 10.8 Å². The zero-order valence-corrected chi connectivity index (χ0v) is 13.7. The highest BCUT2D eigenvalue weighted by atomic mass is 35.5. The van der Waals surface area contributed by atoms with E-state index in [0.717, 1.165) is 19.5 Å². The molecule has 0 aromatic carbocycles. The Morgan fingerprint density at radius 3 is 3.13 bits per heavy atom. The van der Waals surface area contributed by atoms with Crippen LogP contribution in [0.25, 0.3) is 5.65 Å². The van der Waals surface area contributed by atoms with Gasteiger partial charge < -0.3 is 14.5 Å². The van der Waals surface area contributed by atoms with Crippen LogP contribution in [0.1, 0.15) is 16.9 Å². The molecule has 0 spiro atoms. The molecule has 0 N–H and O–H groups in total. The Balaban J connectivity index is 1.71. The fourth-order valence-electron chi connectivity index (χ4n) is 3.58. The Bertz CT molecular complexity index is 747. The summed E-state index contributed by atoms with van der Waals surface area (Å²) < 4.78 is 7.64. The number of likely N-dealkylation sites (tertiary alicyclic amines) is 1. The number of piperidine rings is 1. The summed E-state index contributed by atoms with van der Waals surface area (Å²) >= 11 is 6.26. The first kappa shape index (κ1) is 14.9. The first-order chi connectivity index (χ1) is 11.1. The number of morpholine rings is 1. The van der Waals surface area contributed by atoms with E-state index < -0.39 is 0 Å². The molecule has 122 valence electrons. The number of carbonyl (C=O) groups excluding carboxylic acids is 1. The van der Waals surface area contributed by atoms with Crippen LogP contribution >= 0.6 is 11.6 Å². The molecule has 4 heterocycles. The first-order valence-corrected chi connectivity index (χ1v) is 8.26. The number of pyridine rings is 1. The summed E-state index contributed by atoms with van der Waals surface area (Å²) in [4.78, 5) is 21.6. The highest BCUT2D eigenvalue weighted by Crippen LogP contribution is 2.26. The second-order valence-corrected chi connectivity index (χ2v) is 6.56. The number of rotatable bonds is 1. The maximum Gasteiger partial charge on any atom is 0.274 e. The van der Waals surface area contributed by atoms with Crippen molar-refractivity contribution in [2.45, 2.75) is 18.6 Å². The standard InChI is InChI=1S/C16H19ClN4O2/c1-19-7-5-12-11(10-19)20(8-9-23-12)16(22)14-15(17)18-13-4-2-3-6-21(13)14/h2-4,6,11-12H,5,7-10H2,1H3. The molecule has 7 heteroatoms. The van der Waals surface area contributed by atoms with Crippen molar-refractivity contribution in [3.8, 4) is 0 Å². The van der Waals surface area contributed by atoms with Crippen LogP contribution in [0.15, 0.2) is 24.4 Å². The van der Waals surface area contributed by atoms with Gasteiger partial charge in [-0.2, -0.15) is 0 Å². The molecule has 2 aliphatic rings. The average molecular weight is 335 g/mol. The molecule has 2 saturated heterocycles. The first-order valence-electron chi connectivity index (χ1n) is 7.89. The molecule has 6 nitrogen and oxygen atoms in total. The Labute approximate surface area is 139 Å². The van der Waals surface area contributed by atoms with E-state index >= 15 is 0 Å². The lowest BCUT2D eigenvalue weighted by atomic mass is 9.99. The van der Waals surface area contributed by atoms with Crippen molar-refractivity contribution >= 4 is 23.2 Å². The molecule has 2 aromatic heterocycles. The number of carbonyl (C=O) groups is 1. The van der Waals surface area contributed by atoms with E-state index in [4.69, 9.17) is 16.3 Å². The second-order valence-electron chi connectivity index (χ2n) is 6.21. The summed E-state index contributed by atoms with van der Waals surface area (Å²) in [6, 6.07) is 5.67. The molecule has 23 heavy (non-hydrogen) atoms. The molecule has 1 amide bonds. The zero-order valence-electron chi connectivity index (χ0n) is 13.0.